The molecular formula is C13H24ClNO. The van der Waals surface area contributed by atoms with Crippen molar-refractivity contribution in [3.05, 3.63) is 0 Å². The van der Waals surface area contributed by atoms with Gasteiger partial charge in [-0.2, -0.15) is 0 Å². The van der Waals surface area contributed by atoms with Gasteiger partial charge in [0.15, 0.2) is 0 Å². The molecule has 0 atom stereocenters. The molecule has 0 unspecified atom stereocenters. The van der Waals surface area contributed by atoms with Crippen LogP contribution in [0.5, 0.6) is 0 Å². The molecule has 1 aliphatic rings. The van der Waals surface area contributed by atoms with Crippen LogP contribution in [0.3, 0.4) is 0 Å². The van der Waals surface area contributed by atoms with Crippen molar-refractivity contribution >= 4 is 17.5 Å². The van der Waals surface area contributed by atoms with Gasteiger partial charge in [0.1, 0.15) is 0 Å². The van der Waals surface area contributed by atoms with Gasteiger partial charge in [-0.25, -0.2) is 0 Å². The third kappa shape index (κ3) is 5.20. The Kier molecular flexibility index (Phi) is 6.86. The molecule has 0 heterocycles. The van der Waals surface area contributed by atoms with Gasteiger partial charge < -0.3 is 4.90 Å². The number of amides is 1. The first kappa shape index (κ1) is 13.8. The fraction of sp³-hybridized carbons (Fsp3) is 0.923. The van der Waals surface area contributed by atoms with Crippen LogP contribution in [-0.4, -0.2) is 30.3 Å². The topological polar surface area (TPSA) is 20.3 Å². The first-order valence-electron chi connectivity index (χ1n) is 6.54. The fourth-order valence-electron chi connectivity index (χ4n) is 2.42. The number of alkyl halides is 1. The van der Waals surface area contributed by atoms with Gasteiger partial charge in [0.2, 0.25) is 5.91 Å². The van der Waals surface area contributed by atoms with E-state index >= 15 is 0 Å². The summed E-state index contributed by atoms with van der Waals surface area (Å²) in [6, 6.07) is 0. The van der Waals surface area contributed by atoms with Crippen LogP contribution in [0, 0.1) is 5.92 Å². The van der Waals surface area contributed by atoms with Crippen molar-refractivity contribution in [3.8, 4) is 0 Å². The summed E-state index contributed by atoms with van der Waals surface area (Å²) in [5.74, 6) is 1.70. The van der Waals surface area contributed by atoms with Crippen LogP contribution >= 0.6 is 11.6 Å². The number of hydrogen-bond donors (Lipinski definition) is 0. The van der Waals surface area contributed by atoms with Crippen molar-refractivity contribution in [1.82, 2.24) is 4.90 Å². The van der Waals surface area contributed by atoms with Gasteiger partial charge in [-0.05, 0) is 31.6 Å². The SMILES string of the molecule is CN(CC1CCCCC1)C(=O)CCCCCl. The predicted molar refractivity (Wildman–Crippen MR) is 68.8 cm³/mol. The second kappa shape index (κ2) is 7.94. The second-order valence-electron chi connectivity index (χ2n) is 4.92. The summed E-state index contributed by atoms with van der Waals surface area (Å²) < 4.78 is 0. The molecule has 0 radical (unpaired) electrons. The Morgan fingerprint density at radius 2 is 1.94 bits per heavy atom. The molecule has 0 aromatic carbocycles. The molecule has 0 aromatic heterocycles. The standard InChI is InChI=1S/C13H24ClNO/c1-15(13(16)9-5-6-10-14)11-12-7-3-2-4-8-12/h12H,2-11H2,1H3. The van der Waals surface area contributed by atoms with E-state index in [4.69, 9.17) is 11.6 Å². The van der Waals surface area contributed by atoms with E-state index in [1.54, 1.807) is 0 Å². The third-order valence-corrected chi connectivity index (χ3v) is 3.72. The Labute approximate surface area is 104 Å². The second-order valence-corrected chi connectivity index (χ2v) is 5.30. The molecule has 3 heteroatoms. The van der Waals surface area contributed by atoms with Crippen molar-refractivity contribution in [2.24, 2.45) is 5.92 Å². The number of hydrogen-bond acceptors (Lipinski definition) is 1. The minimum atomic E-state index is 0.288. The molecule has 0 saturated heterocycles. The van der Waals surface area contributed by atoms with Gasteiger partial charge in [-0.15, -0.1) is 11.6 Å². The minimum absolute atomic E-state index is 0.288. The Morgan fingerprint density at radius 3 is 2.56 bits per heavy atom. The van der Waals surface area contributed by atoms with Gasteiger partial charge in [0.05, 0.1) is 0 Å². The molecular weight excluding hydrogens is 222 g/mol. The monoisotopic (exact) mass is 245 g/mol. The molecule has 0 bridgehead atoms. The Bertz CT molecular complexity index is 202. The number of rotatable bonds is 6. The molecule has 0 aliphatic heterocycles. The van der Waals surface area contributed by atoms with Crippen LogP contribution in [0.2, 0.25) is 0 Å². The van der Waals surface area contributed by atoms with Gasteiger partial charge in [0, 0.05) is 25.9 Å². The van der Waals surface area contributed by atoms with Crippen LogP contribution in [-0.2, 0) is 4.79 Å². The normalized spacial score (nSPS) is 17.4. The summed E-state index contributed by atoms with van der Waals surface area (Å²) in [6.45, 7) is 0.958. The van der Waals surface area contributed by atoms with Crippen LogP contribution in [0.25, 0.3) is 0 Å². The highest BCUT2D eigenvalue weighted by Gasteiger charge is 2.17. The number of halogens is 1. The zero-order chi connectivity index (χ0) is 11.8. The zero-order valence-corrected chi connectivity index (χ0v) is 11.1. The van der Waals surface area contributed by atoms with E-state index in [1.807, 2.05) is 11.9 Å². The van der Waals surface area contributed by atoms with E-state index in [2.05, 4.69) is 0 Å². The average Bonchev–Trinajstić information content (AvgIpc) is 2.30. The van der Waals surface area contributed by atoms with Crippen molar-refractivity contribution in [1.29, 1.82) is 0 Å². The molecule has 1 amide bonds. The van der Waals surface area contributed by atoms with E-state index < -0.39 is 0 Å². The van der Waals surface area contributed by atoms with E-state index in [0.29, 0.717) is 12.3 Å². The molecule has 0 N–H and O–H groups in total. The van der Waals surface area contributed by atoms with Crippen LogP contribution in [0.4, 0.5) is 0 Å². The van der Waals surface area contributed by atoms with Crippen molar-refractivity contribution < 1.29 is 4.79 Å². The number of carbonyl (C=O) groups is 1. The zero-order valence-electron chi connectivity index (χ0n) is 10.4. The molecule has 0 aromatic rings. The average molecular weight is 246 g/mol. The molecule has 1 saturated carbocycles. The van der Waals surface area contributed by atoms with Crippen LogP contribution in [0.1, 0.15) is 51.4 Å². The van der Waals surface area contributed by atoms with E-state index in [-0.39, 0.29) is 5.91 Å². The highest BCUT2D eigenvalue weighted by molar-refractivity contribution is 6.17. The van der Waals surface area contributed by atoms with Crippen molar-refractivity contribution in [2.45, 2.75) is 51.4 Å². The summed E-state index contributed by atoms with van der Waals surface area (Å²) >= 11 is 5.60. The summed E-state index contributed by atoms with van der Waals surface area (Å²) in [7, 11) is 1.94. The van der Waals surface area contributed by atoms with Gasteiger partial charge in [-0.1, -0.05) is 19.3 Å². The summed E-state index contributed by atoms with van der Waals surface area (Å²) in [5.41, 5.74) is 0. The van der Waals surface area contributed by atoms with Crippen molar-refractivity contribution in [2.75, 3.05) is 19.5 Å². The molecule has 1 fully saturated rings. The van der Waals surface area contributed by atoms with Crippen LogP contribution < -0.4 is 0 Å². The maximum absolute atomic E-state index is 11.8. The molecule has 16 heavy (non-hydrogen) atoms. The van der Waals surface area contributed by atoms with E-state index in [0.717, 1.165) is 25.3 Å². The minimum Gasteiger partial charge on any atom is -0.345 e. The fourth-order valence-corrected chi connectivity index (χ4v) is 2.61. The maximum atomic E-state index is 11.8. The summed E-state index contributed by atoms with van der Waals surface area (Å²) in [4.78, 5) is 13.7. The Morgan fingerprint density at radius 1 is 1.25 bits per heavy atom. The lowest BCUT2D eigenvalue weighted by molar-refractivity contribution is -0.130. The smallest absolute Gasteiger partial charge is 0.222 e. The largest absolute Gasteiger partial charge is 0.345 e. The van der Waals surface area contributed by atoms with Crippen LogP contribution in [0.15, 0.2) is 0 Å². The molecule has 1 aliphatic carbocycles. The molecule has 0 spiro atoms. The lowest BCUT2D eigenvalue weighted by atomic mass is 9.89. The van der Waals surface area contributed by atoms with Gasteiger partial charge >= 0.3 is 0 Å². The maximum Gasteiger partial charge on any atom is 0.222 e. The van der Waals surface area contributed by atoms with E-state index in [1.165, 1.54) is 32.1 Å². The molecule has 2 nitrogen and oxygen atoms in total. The summed E-state index contributed by atoms with van der Waals surface area (Å²) in [5, 5.41) is 0. The number of carbonyl (C=O) groups excluding carboxylic acids is 1. The van der Waals surface area contributed by atoms with E-state index in [9.17, 15) is 4.79 Å². The first-order chi connectivity index (χ1) is 7.74. The quantitative estimate of drug-likeness (QED) is 0.519. The number of unbranched alkanes of at least 4 members (excludes halogenated alkanes) is 1. The molecule has 1 rings (SSSR count). The van der Waals surface area contributed by atoms with Gasteiger partial charge in [0.25, 0.3) is 0 Å². The summed E-state index contributed by atoms with van der Waals surface area (Å²) in [6.07, 6.45) is 9.22. The first-order valence-corrected chi connectivity index (χ1v) is 7.07. The van der Waals surface area contributed by atoms with Gasteiger partial charge in [-0.3, -0.25) is 4.79 Å². The highest BCUT2D eigenvalue weighted by Crippen LogP contribution is 2.24. The van der Waals surface area contributed by atoms with Crippen molar-refractivity contribution in [3.63, 3.8) is 0 Å². The Hall–Kier alpha value is -0.240. The molecule has 94 valence electrons. The lowest BCUT2D eigenvalue weighted by Crippen LogP contribution is -2.32. The highest BCUT2D eigenvalue weighted by atomic mass is 35.5. The number of nitrogens with zero attached hydrogens (tertiary/aromatic N) is 1. The lowest BCUT2D eigenvalue weighted by Gasteiger charge is -2.27. The Balaban J connectivity index is 2.16. The third-order valence-electron chi connectivity index (χ3n) is 3.46. The predicted octanol–water partition coefficient (Wildman–Crippen LogP) is 3.43.